The number of benzene rings is 1. The van der Waals surface area contributed by atoms with E-state index in [0.29, 0.717) is 25.4 Å². The monoisotopic (exact) mass is 384 g/mol. The maximum atomic E-state index is 12.3. The summed E-state index contributed by atoms with van der Waals surface area (Å²) in [4.78, 5) is 16.4. The SMILES string of the molecule is CN(C)c1ccc(NC(=O)CN(CCN2CCOCC2)S(C)(=O)=O)cc1. The first-order valence-electron chi connectivity index (χ1n) is 8.58. The molecule has 1 aliphatic heterocycles. The van der Waals surface area contributed by atoms with Gasteiger partial charge in [-0.2, -0.15) is 4.31 Å². The second-order valence-corrected chi connectivity index (χ2v) is 8.52. The Kier molecular flexibility index (Phi) is 7.39. The highest BCUT2D eigenvalue weighted by atomic mass is 32.2. The minimum Gasteiger partial charge on any atom is -0.379 e. The van der Waals surface area contributed by atoms with Gasteiger partial charge in [-0.1, -0.05) is 0 Å². The van der Waals surface area contributed by atoms with Crippen molar-refractivity contribution in [3.05, 3.63) is 24.3 Å². The van der Waals surface area contributed by atoms with Crippen LogP contribution in [-0.2, 0) is 19.6 Å². The molecule has 0 saturated carbocycles. The highest BCUT2D eigenvalue weighted by molar-refractivity contribution is 7.88. The number of hydrogen-bond donors (Lipinski definition) is 1. The van der Waals surface area contributed by atoms with E-state index in [2.05, 4.69) is 10.2 Å². The zero-order valence-electron chi connectivity index (χ0n) is 15.6. The molecule has 0 bridgehead atoms. The van der Waals surface area contributed by atoms with Crippen molar-refractivity contribution >= 4 is 27.3 Å². The van der Waals surface area contributed by atoms with Gasteiger partial charge in [-0.25, -0.2) is 8.42 Å². The molecule has 1 aromatic carbocycles. The van der Waals surface area contributed by atoms with Gasteiger partial charge in [0.2, 0.25) is 15.9 Å². The molecule has 9 heteroatoms. The smallest absolute Gasteiger partial charge is 0.239 e. The lowest BCUT2D eigenvalue weighted by molar-refractivity contribution is -0.116. The molecule has 1 aromatic rings. The summed E-state index contributed by atoms with van der Waals surface area (Å²) in [6, 6.07) is 7.38. The van der Waals surface area contributed by atoms with Crippen LogP contribution in [-0.4, -0.2) is 89.8 Å². The molecular weight excluding hydrogens is 356 g/mol. The van der Waals surface area contributed by atoms with E-state index in [4.69, 9.17) is 4.74 Å². The molecule has 2 rings (SSSR count). The first kappa shape index (κ1) is 20.6. The molecule has 1 fully saturated rings. The van der Waals surface area contributed by atoms with Gasteiger partial charge in [-0.3, -0.25) is 9.69 Å². The van der Waals surface area contributed by atoms with Gasteiger partial charge in [0.05, 0.1) is 26.0 Å². The van der Waals surface area contributed by atoms with Gasteiger partial charge in [0, 0.05) is 51.6 Å². The molecule has 1 amide bonds. The summed E-state index contributed by atoms with van der Waals surface area (Å²) < 4.78 is 30.5. The lowest BCUT2D eigenvalue weighted by atomic mass is 10.2. The average Bonchev–Trinajstić information content (AvgIpc) is 2.59. The average molecular weight is 385 g/mol. The Morgan fingerprint density at radius 1 is 1.19 bits per heavy atom. The van der Waals surface area contributed by atoms with Crippen molar-refractivity contribution in [3.8, 4) is 0 Å². The van der Waals surface area contributed by atoms with Crippen molar-refractivity contribution in [2.24, 2.45) is 0 Å². The zero-order chi connectivity index (χ0) is 19.2. The Balaban J connectivity index is 1.90. The molecule has 0 aliphatic carbocycles. The summed E-state index contributed by atoms with van der Waals surface area (Å²) in [6.45, 7) is 3.54. The number of sulfonamides is 1. The number of morpholine rings is 1. The van der Waals surface area contributed by atoms with E-state index in [9.17, 15) is 13.2 Å². The van der Waals surface area contributed by atoms with Crippen molar-refractivity contribution in [2.45, 2.75) is 0 Å². The first-order valence-corrected chi connectivity index (χ1v) is 10.4. The summed E-state index contributed by atoms with van der Waals surface area (Å²) >= 11 is 0. The van der Waals surface area contributed by atoms with Crippen molar-refractivity contribution < 1.29 is 17.9 Å². The van der Waals surface area contributed by atoms with E-state index < -0.39 is 10.0 Å². The van der Waals surface area contributed by atoms with E-state index in [-0.39, 0.29) is 19.0 Å². The summed E-state index contributed by atoms with van der Waals surface area (Å²) in [6.07, 6.45) is 1.13. The predicted octanol–water partition coefficient (Wildman–Crippen LogP) is 0.285. The van der Waals surface area contributed by atoms with Gasteiger partial charge >= 0.3 is 0 Å². The fraction of sp³-hybridized carbons (Fsp3) is 0.588. The Labute approximate surface area is 155 Å². The number of ether oxygens (including phenoxy) is 1. The van der Waals surface area contributed by atoms with Crippen LogP contribution in [0, 0.1) is 0 Å². The van der Waals surface area contributed by atoms with Crippen LogP contribution in [0.4, 0.5) is 11.4 Å². The van der Waals surface area contributed by atoms with Crippen LogP contribution in [0.3, 0.4) is 0 Å². The molecule has 0 spiro atoms. The molecule has 26 heavy (non-hydrogen) atoms. The molecule has 1 heterocycles. The fourth-order valence-electron chi connectivity index (χ4n) is 2.64. The Morgan fingerprint density at radius 2 is 1.81 bits per heavy atom. The third-order valence-corrected chi connectivity index (χ3v) is 5.48. The van der Waals surface area contributed by atoms with E-state index in [0.717, 1.165) is 25.0 Å². The molecule has 8 nitrogen and oxygen atoms in total. The number of rotatable bonds is 8. The fourth-order valence-corrected chi connectivity index (χ4v) is 3.41. The number of anilines is 2. The topological polar surface area (TPSA) is 82.2 Å². The van der Waals surface area contributed by atoms with Gasteiger partial charge in [-0.05, 0) is 24.3 Å². The Morgan fingerprint density at radius 3 is 2.35 bits per heavy atom. The lowest BCUT2D eigenvalue weighted by Crippen LogP contribution is -2.45. The third-order valence-electron chi connectivity index (χ3n) is 4.23. The van der Waals surface area contributed by atoms with Crippen molar-refractivity contribution in [1.82, 2.24) is 9.21 Å². The summed E-state index contributed by atoms with van der Waals surface area (Å²) in [7, 11) is 0.410. The van der Waals surface area contributed by atoms with Crippen LogP contribution in [0.2, 0.25) is 0 Å². The maximum Gasteiger partial charge on any atom is 0.239 e. The van der Waals surface area contributed by atoms with Crippen molar-refractivity contribution in [1.29, 1.82) is 0 Å². The van der Waals surface area contributed by atoms with E-state index in [1.807, 2.05) is 31.1 Å². The largest absolute Gasteiger partial charge is 0.379 e. The molecule has 0 atom stereocenters. The van der Waals surface area contributed by atoms with Crippen LogP contribution in [0.1, 0.15) is 0 Å². The molecule has 1 saturated heterocycles. The van der Waals surface area contributed by atoms with Crippen molar-refractivity contribution in [2.75, 3.05) is 76.5 Å². The molecule has 0 radical (unpaired) electrons. The van der Waals surface area contributed by atoms with E-state index in [1.54, 1.807) is 12.1 Å². The third kappa shape index (κ3) is 6.56. The molecular formula is C17H28N4O4S. The number of carbonyl (C=O) groups is 1. The minimum absolute atomic E-state index is 0.196. The lowest BCUT2D eigenvalue weighted by Gasteiger charge is -2.29. The molecule has 0 aromatic heterocycles. The van der Waals surface area contributed by atoms with E-state index >= 15 is 0 Å². The zero-order valence-corrected chi connectivity index (χ0v) is 16.5. The van der Waals surface area contributed by atoms with Gasteiger partial charge < -0.3 is 15.0 Å². The number of nitrogens with zero attached hydrogens (tertiary/aromatic N) is 3. The van der Waals surface area contributed by atoms with Crippen LogP contribution in [0.15, 0.2) is 24.3 Å². The predicted molar refractivity (Wildman–Crippen MR) is 103 cm³/mol. The van der Waals surface area contributed by atoms with Gasteiger partial charge in [0.15, 0.2) is 0 Å². The normalized spacial score (nSPS) is 15.8. The molecule has 0 unspecified atom stereocenters. The molecule has 146 valence electrons. The first-order chi connectivity index (χ1) is 12.3. The Hall–Kier alpha value is -1.68. The minimum atomic E-state index is -3.46. The van der Waals surface area contributed by atoms with Gasteiger partial charge in [-0.15, -0.1) is 0 Å². The number of carbonyl (C=O) groups excluding carboxylic acids is 1. The van der Waals surface area contributed by atoms with Crippen LogP contribution in [0.5, 0.6) is 0 Å². The van der Waals surface area contributed by atoms with E-state index in [1.165, 1.54) is 4.31 Å². The second-order valence-electron chi connectivity index (χ2n) is 6.54. The maximum absolute atomic E-state index is 12.3. The van der Waals surface area contributed by atoms with Crippen LogP contribution in [0.25, 0.3) is 0 Å². The highest BCUT2D eigenvalue weighted by Gasteiger charge is 2.21. The number of amides is 1. The van der Waals surface area contributed by atoms with Crippen LogP contribution >= 0.6 is 0 Å². The van der Waals surface area contributed by atoms with Gasteiger partial charge in [0.1, 0.15) is 0 Å². The summed E-state index contributed by atoms with van der Waals surface area (Å²) in [5.74, 6) is -0.352. The molecule has 1 N–H and O–H groups in total. The second kappa shape index (κ2) is 9.31. The van der Waals surface area contributed by atoms with Crippen LogP contribution < -0.4 is 10.2 Å². The van der Waals surface area contributed by atoms with Gasteiger partial charge in [0.25, 0.3) is 0 Å². The summed E-state index contributed by atoms with van der Waals surface area (Å²) in [5.41, 5.74) is 1.66. The van der Waals surface area contributed by atoms with Crippen molar-refractivity contribution in [3.63, 3.8) is 0 Å². The standard InChI is InChI=1S/C17H28N4O4S/c1-19(2)16-6-4-15(5-7-16)18-17(22)14-21(26(3,23)24)9-8-20-10-12-25-13-11-20/h4-7H,8-14H2,1-3H3,(H,18,22). The quantitative estimate of drug-likeness (QED) is 0.694. The summed E-state index contributed by atoms with van der Waals surface area (Å²) in [5, 5.41) is 2.75. The number of hydrogen-bond acceptors (Lipinski definition) is 6. The highest BCUT2D eigenvalue weighted by Crippen LogP contribution is 2.15. The number of nitrogens with one attached hydrogen (secondary N) is 1. The Bertz CT molecular complexity index is 685. The molecule has 1 aliphatic rings.